The van der Waals surface area contributed by atoms with Gasteiger partial charge in [0.15, 0.2) is 0 Å². The Labute approximate surface area is 122 Å². The number of aromatic nitrogens is 4. The Morgan fingerprint density at radius 2 is 2.20 bits per heavy atom. The number of halogens is 1. The number of nitrogens with one attached hydrogen (secondary N) is 1. The minimum absolute atomic E-state index is 0.688. The van der Waals surface area contributed by atoms with Gasteiger partial charge in [-0.05, 0) is 25.1 Å². The summed E-state index contributed by atoms with van der Waals surface area (Å²) in [4.78, 5) is 8.72. The maximum atomic E-state index is 6.02. The predicted octanol–water partition coefficient (Wildman–Crippen LogP) is 3.06. The monoisotopic (exact) mass is 289 g/mol. The van der Waals surface area contributed by atoms with Gasteiger partial charge in [-0.25, -0.2) is 9.97 Å². The van der Waals surface area contributed by atoms with Crippen LogP contribution < -0.4 is 5.32 Å². The highest BCUT2D eigenvalue weighted by molar-refractivity contribution is 6.31. The first kappa shape index (κ1) is 13.0. The summed E-state index contributed by atoms with van der Waals surface area (Å²) in [5.41, 5.74) is 3.11. The first-order valence-electron chi connectivity index (χ1n) is 6.54. The van der Waals surface area contributed by atoms with E-state index in [1.54, 1.807) is 6.33 Å². The Bertz CT molecular complexity index is 743. The highest BCUT2D eigenvalue weighted by atomic mass is 35.5. The summed E-state index contributed by atoms with van der Waals surface area (Å²) in [7, 11) is 1.98. The molecule has 0 saturated carbocycles. The minimum atomic E-state index is 0.688. The van der Waals surface area contributed by atoms with E-state index in [1.165, 1.54) is 0 Å². The Balaban J connectivity index is 1.92. The van der Waals surface area contributed by atoms with E-state index in [2.05, 4.69) is 26.8 Å². The van der Waals surface area contributed by atoms with Gasteiger partial charge >= 0.3 is 0 Å². The van der Waals surface area contributed by atoms with Crippen molar-refractivity contribution in [2.75, 3.05) is 5.32 Å². The first-order valence-corrected chi connectivity index (χ1v) is 6.91. The molecule has 20 heavy (non-hydrogen) atoms. The van der Waals surface area contributed by atoms with Crippen LogP contribution in [0.25, 0.3) is 11.0 Å². The van der Waals surface area contributed by atoms with Gasteiger partial charge in [-0.3, -0.25) is 0 Å². The molecule has 0 bridgehead atoms. The second kappa shape index (κ2) is 5.17. The molecule has 104 valence electrons. The van der Waals surface area contributed by atoms with Gasteiger partial charge in [0.05, 0.1) is 29.6 Å². The zero-order valence-corrected chi connectivity index (χ0v) is 12.2. The van der Waals surface area contributed by atoms with Gasteiger partial charge in [0.2, 0.25) is 5.95 Å². The molecule has 0 atom stereocenters. The van der Waals surface area contributed by atoms with Crippen molar-refractivity contribution in [1.29, 1.82) is 0 Å². The molecule has 0 aliphatic rings. The third-order valence-electron chi connectivity index (χ3n) is 3.37. The van der Waals surface area contributed by atoms with E-state index in [4.69, 9.17) is 11.6 Å². The van der Waals surface area contributed by atoms with Crippen LogP contribution >= 0.6 is 11.6 Å². The Morgan fingerprint density at radius 1 is 1.35 bits per heavy atom. The molecule has 0 radical (unpaired) electrons. The average molecular weight is 290 g/mol. The van der Waals surface area contributed by atoms with Crippen LogP contribution in [0.15, 0.2) is 30.7 Å². The minimum Gasteiger partial charge on any atom is -0.350 e. The maximum Gasteiger partial charge on any atom is 0.204 e. The lowest BCUT2D eigenvalue weighted by molar-refractivity contribution is 0.776. The summed E-state index contributed by atoms with van der Waals surface area (Å²) < 4.78 is 4.13. The standard InChI is InChI=1S/C14H16ClN5/c1-3-20-13-5-4-10(15)6-12(13)18-14(20)17-8-11-7-16-9-19(11)2/h4-7,9H,3,8H2,1-2H3,(H,17,18). The maximum absolute atomic E-state index is 6.02. The summed E-state index contributed by atoms with van der Waals surface area (Å²) in [5.74, 6) is 0.853. The van der Waals surface area contributed by atoms with E-state index in [0.717, 1.165) is 29.2 Å². The lowest BCUT2D eigenvalue weighted by Gasteiger charge is -2.08. The zero-order valence-electron chi connectivity index (χ0n) is 11.5. The Morgan fingerprint density at radius 3 is 2.90 bits per heavy atom. The van der Waals surface area contributed by atoms with Crippen LogP contribution in [0.1, 0.15) is 12.6 Å². The fourth-order valence-electron chi connectivity index (χ4n) is 2.28. The van der Waals surface area contributed by atoms with Crippen LogP contribution in [0.5, 0.6) is 0 Å². The van der Waals surface area contributed by atoms with Crippen LogP contribution in [0.3, 0.4) is 0 Å². The normalized spacial score (nSPS) is 11.2. The van der Waals surface area contributed by atoms with Gasteiger partial charge in [-0.2, -0.15) is 0 Å². The molecule has 5 nitrogen and oxygen atoms in total. The van der Waals surface area contributed by atoms with Crippen LogP contribution in [-0.2, 0) is 20.1 Å². The van der Waals surface area contributed by atoms with E-state index in [9.17, 15) is 0 Å². The van der Waals surface area contributed by atoms with Gasteiger partial charge in [0.1, 0.15) is 0 Å². The molecular weight excluding hydrogens is 274 g/mol. The fourth-order valence-corrected chi connectivity index (χ4v) is 2.45. The molecule has 1 aromatic carbocycles. The van der Waals surface area contributed by atoms with Crippen LogP contribution in [0, 0.1) is 0 Å². The molecule has 0 aliphatic carbocycles. The van der Waals surface area contributed by atoms with Crippen LogP contribution in [0.4, 0.5) is 5.95 Å². The molecule has 3 rings (SSSR count). The Hall–Kier alpha value is -2.01. The van der Waals surface area contributed by atoms with E-state index in [0.29, 0.717) is 11.6 Å². The van der Waals surface area contributed by atoms with Gasteiger partial charge in [0.25, 0.3) is 0 Å². The molecule has 6 heteroatoms. The molecule has 2 heterocycles. The lowest BCUT2D eigenvalue weighted by Crippen LogP contribution is -2.09. The van der Waals surface area contributed by atoms with Crippen molar-refractivity contribution >= 4 is 28.6 Å². The molecule has 0 spiro atoms. The van der Waals surface area contributed by atoms with Gasteiger partial charge in [-0.1, -0.05) is 11.6 Å². The summed E-state index contributed by atoms with van der Waals surface area (Å²) in [6, 6.07) is 5.78. The molecule has 0 unspecified atom stereocenters. The third kappa shape index (κ3) is 2.25. The average Bonchev–Trinajstić information content (AvgIpc) is 2.98. The number of fused-ring (bicyclic) bond motifs is 1. The van der Waals surface area contributed by atoms with Gasteiger partial charge in [0, 0.05) is 24.8 Å². The van der Waals surface area contributed by atoms with Crippen molar-refractivity contribution in [1.82, 2.24) is 19.1 Å². The van der Waals surface area contributed by atoms with E-state index in [1.807, 2.05) is 36.0 Å². The second-order valence-electron chi connectivity index (χ2n) is 4.66. The van der Waals surface area contributed by atoms with Crippen LogP contribution in [0.2, 0.25) is 5.02 Å². The van der Waals surface area contributed by atoms with Crippen molar-refractivity contribution in [3.63, 3.8) is 0 Å². The smallest absolute Gasteiger partial charge is 0.204 e. The third-order valence-corrected chi connectivity index (χ3v) is 3.61. The SMILES string of the molecule is CCn1c(NCc2cncn2C)nc2cc(Cl)ccc21. The topological polar surface area (TPSA) is 47.7 Å². The summed E-state index contributed by atoms with van der Waals surface area (Å²) >= 11 is 6.02. The predicted molar refractivity (Wildman–Crippen MR) is 81.0 cm³/mol. The summed E-state index contributed by atoms with van der Waals surface area (Å²) in [5, 5.41) is 4.07. The second-order valence-corrected chi connectivity index (χ2v) is 5.10. The summed E-state index contributed by atoms with van der Waals surface area (Å²) in [6.07, 6.45) is 3.64. The molecular formula is C14H16ClN5. The highest BCUT2D eigenvalue weighted by Gasteiger charge is 2.10. The van der Waals surface area contributed by atoms with Crippen molar-refractivity contribution in [3.8, 4) is 0 Å². The van der Waals surface area contributed by atoms with Crippen molar-refractivity contribution in [2.24, 2.45) is 7.05 Å². The molecule has 2 aromatic heterocycles. The molecule has 0 saturated heterocycles. The first-order chi connectivity index (χ1) is 9.69. The molecule has 0 amide bonds. The number of aryl methyl sites for hydroxylation is 2. The number of hydrogen-bond donors (Lipinski definition) is 1. The number of anilines is 1. The number of rotatable bonds is 4. The van der Waals surface area contributed by atoms with E-state index in [-0.39, 0.29) is 0 Å². The quantitative estimate of drug-likeness (QED) is 0.803. The largest absolute Gasteiger partial charge is 0.350 e. The van der Waals surface area contributed by atoms with E-state index >= 15 is 0 Å². The summed E-state index contributed by atoms with van der Waals surface area (Å²) in [6.45, 7) is 3.64. The number of nitrogens with zero attached hydrogens (tertiary/aromatic N) is 4. The van der Waals surface area contributed by atoms with Crippen molar-refractivity contribution in [3.05, 3.63) is 41.4 Å². The van der Waals surface area contributed by atoms with Crippen molar-refractivity contribution < 1.29 is 0 Å². The van der Waals surface area contributed by atoms with E-state index < -0.39 is 0 Å². The molecule has 1 N–H and O–H groups in total. The molecule has 3 aromatic rings. The lowest BCUT2D eigenvalue weighted by atomic mass is 10.3. The molecule has 0 aliphatic heterocycles. The number of hydrogen-bond acceptors (Lipinski definition) is 3. The fraction of sp³-hybridized carbons (Fsp3) is 0.286. The van der Waals surface area contributed by atoms with Gasteiger partial charge < -0.3 is 14.5 Å². The zero-order chi connectivity index (χ0) is 14.1. The highest BCUT2D eigenvalue weighted by Crippen LogP contribution is 2.23. The number of imidazole rings is 2. The van der Waals surface area contributed by atoms with Crippen molar-refractivity contribution in [2.45, 2.75) is 20.0 Å². The Kier molecular flexibility index (Phi) is 3.36. The molecule has 0 fully saturated rings. The van der Waals surface area contributed by atoms with Gasteiger partial charge in [-0.15, -0.1) is 0 Å². The van der Waals surface area contributed by atoms with Crippen LogP contribution in [-0.4, -0.2) is 19.1 Å². The number of benzene rings is 1.